The second-order valence-corrected chi connectivity index (χ2v) is 11.3. The van der Waals surface area contributed by atoms with Gasteiger partial charge >= 0.3 is 7.12 Å². The first-order chi connectivity index (χ1) is 18.3. The van der Waals surface area contributed by atoms with E-state index < -0.39 is 18.3 Å². The molecule has 3 nitrogen and oxygen atoms in total. The number of hydrogen-bond acceptors (Lipinski definition) is 3. The first-order valence-corrected chi connectivity index (χ1v) is 13.2. The van der Waals surface area contributed by atoms with Crippen molar-refractivity contribution in [1.82, 2.24) is 0 Å². The number of furan rings is 1. The summed E-state index contributed by atoms with van der Waals surface area (Å²) >= 11 is 0. The van der Waals surface area contributed by atoms with Crippen LogP contribution in [0.3, 0.4) is 0 Å². The molecule has 38 heavy (non-hydrogen) atoms. The van der Waals surface area contributed by atoms with E-state index in [1.54, 1.807) is 0 Å². The molecular formula is C34H29BO3. The summed E-state index contributed by atoms with van der Waals surface area (Å²) in [5.74, 6) is 0. The van der Waals surface area contributed by atoms with Crippen LogP contribution in [-0.2, 0) is 9.31 Å². The van der Waals surface area contributed by atoms with Gasteiger partial charge in [-0.1, -0.05) is 72.8 Å². The maximum Gasteiger partial charge on any atom is 0.494 e. The molecule has 0 unspecified atom stereocenters. The van der Waals surface area contributed by atoms with Crippen molar-refractivity contribution in [3.05, 3.63) is 103 Å². The Morgan fingerprint density at radius 2 is 1.11 bits per heavy atom. The summed E-state index contributed by atoms with van der Waals surface area (Å²) in [6.45, 7) is 8.38. The van der Waals surface area contributed by atoms with E-state index in [2.05, 4.69) is 125 Å². The van der Waals surface area contributed by atoms with Crippen LogP contribution in [0.15, 0.2) is 108 Å². The lowest BCUT2D eigenvalue weighted by atomic mass is 9.76. The van der Waals surface area contributed by atoms with Gasteiger partial charge in [-0.25, -0.2) is 0 Å². The fourth-order valence-corrected chi connectivity index (χ4v) is 5.37. The van der Waals surface area contributed by atoms with E-state index in [9.17, 15) is 0 Å². The second kappa shape index (κ2) is 8.32. The molecule has 6 aromatic rings. The number of fused-ring (bicyclic) bond motifs is 4. The van der Waals surface area contributed by atoms with Gasteiger partial charge in [0.2, 0.25) is 0 Å². The third-order valence-corrected chi connectivity index (χ3v) is 8.26. The van der Waals surface area contributed by atoms with E-state index in [0.29, 0.717) is 0 Å². The molecule has 1 fully saturated rings. The number of rotatable bonds is 3. The molecule has 0 bridgehead atoms. The summed E-state index contributed by atoms with van der Waals surface area (Å²) in [6.07, 6.45) is 0. The molecule has 7 rings (SSSR count). The van der Waals surface area contributed by atoms with E-state index in [1.165, 1.54) is 10.8 Å². The molecule has 4 heteroatoms. The zero-order chi connectivity index (χ0) is 26.1. The summed E-state index contributed by atoms with van der Waals surface area (Å²) in [5.41, 5.74) is 6.55. The molecule has 186 valence electrons. The molecule has 1 saturated heterocycles. The lowest BCUT2D eigenvalue weighted by molar-refractivity contribution is 0.00578. The van der Waals surface area contributed by atoms with Crippen LogP contribution in [0, 0.1) is 0 Å². The molecule has 0 saturated carbocycles. The zero-order valence-corrected chi connectivity index (χ0v) is 22.1. The van der Waals surface area contributed by atoms with Gasteiger partial charge in [-0.05, 0) is 96.5 Å². The van der Waals surface area contributed by atoms with Crippen LogP contribution in [0.1, 0.15) is 27.7 Å². The Labute approximate surface area is 223 Å². The van der Waals surface area contributed by atoms with E-state index >= 15 is 0 Å². The average Bonchev–Trinajstić information content (AvgIpc) is 3.38. The second-order valence-electron chi connectivity index (χ2n) is 11.3. The van der Waals surface area contributed by atoms with Gasteiger partial charge in [0.25, 0.3) is 0 Å². The van der Waals surface area contributed by atoms with E-state index in [4.69, 9.17) is 13.7 Å². The van der Waals surface area contributed by atoms with Crippen molar-refractivity contribution in [3.8, 4) is 22.3 Å². The van der Waals surface area contributed by atoms with Crippen molar-refractivity contribution in [2.45, 2.75) is 38.9 Å². The standard InChI is InChI=1S/C34H29BO3/c1-33(2)34(3,4)38-35(37-33)28-17-26(22-10-6-5-7-11-22)16-27(18-28)25-14-15-31-29(20-25)30-19-23-12-8-9-13-24(23)21-32(30)36-31/h5-21H,1-4H3. The van der Waals surface area contributed by atoms with Crippen molar-refractivity contribution >= 4 is 45.3 Å². The van der Waals surface area contributed by atoms with Gasteiger partial charge in [-0.15, -0.1) is 0 Å². The van der Waals surface area contributed by atoms with Crippen LogP contribution in [0.4, 0.5) is 0 Å². The fourth-order valence-electron chi connectivity index (χ4n) is 5.37. The van der Waals surface area contributed by atoms with Gasteiger partial charge < -0.3 is 13.7 Å². The van der Waals surface area contributed by atoms with Crippen LogP contribution < -0.4 is 5.46 Å². The first-order valence-electron chi connectivity index (χ1n) is 13.2. The van der Waals surface area contributed by atoms with Crippen LogP contribution in [-0.4, -0.2) is 18.3 Å². The van der Waals surface area contributed by atoms with Crippen molar-refractivity contribution in [1.29, 1.82) is 0 Å². The molecule has 0 radical (unpaired) electrons. The molecular weight excluding hydrogens is 467 g/mol. The van der Waals surface area contributed by atoms with Gasteiger partial charge in [-0.2, -0.15) is 0 Å². The normalized spacial score (nSPS) is 16.6. The van der Waals surface area contributed by atoms with Crippen molar-refractivity contribution < 1.29 is 13.7 Å². The number of hydrogen-bond donors (Lipinski definition) is 0. The van der Waals surface area contributed by atoms with Crippen molar-refractivity contribution in [2.75, 3.05) is 0 Å². The lowest BCUT2D eigenvalue weighted by Gasteiger charge is -2.32. The quantitative estimate of drug-likeness (QED) is 0.231. The summed E-state index contributed by atoms with van der Waals surface area (Å²) in [5, 5.41) is 4.64. The Morgan fingerprint density at radius 3 is 1.82 bits per heavy atom. The maximum atomic E-state index is 6.45. The first kappa shape index (κ1) is 23.3. The SMILES string of the molecule is CC1(C)OB(c2cc(-c3ccccc3)cc(-c3ccc4oc5cc6ccccc6cc5c4c3)c2)OC1(C)C. The highest BCUT2D eigenvalue weighted by Gasteiger charge is 2.51. The van der Waals surface area contributed by atoms with E-state index in [1.807, 2.05) is 6.07 Å². The predicted molar refractivity (Wildman–Crippen MR) is 158 cm³/mol. The molecule has 0 aliphatic carbocycles. The topological polar surface area (TPSA) is 31.6 Å². The molecule has 5 aromatic carbocycles. The van der Waals surface area contributed by atoms with Gasteiger partial charge in [0, 0.05) is 10.8 Å². The Morgan fingerprint density at radius 1 is 0.500 bits per heavy atom. The monoisotopic (exact) mass is 496 g/mol. The van der Waals surface area contributed by atoms with Gasteiger partial charge in [0.1, 0.15) is 11.2 Å². The Bertz CT molecular complexity index is 1820. The molecule has 0 atom stereocenters. The maximum absolute atomic E-state index is 6.45. The Balaban J connectivity index is 1.40. The molecule has 1 aliphatic rings. The largest absolute Gasteiger partial charge is 0.494 e. The lowest BCUT2D eigenvalue weighted by Crippen LogP contribution is -2.41. The third-order valence-electron chi connectivity index (χ3n) is 8.26. The molecule has 0 spiro atoms. The Kier molecular flexibility index (Phi) is 5.10. The molecule has 1 aliphatic heterocycles. The highest BCUT2D eigenvalue weighted by molar-refractivity contribution is 6.62. The van der Waals surface area contributed by atoms with E-state index in [-0.39, 0.29) is 0 Å². The average molecular weight is 496 g/mol. The highest BCUT2D eigenvalue weighted by atomic mass is 16.7. The van der Waals surface area contributed by atoms with Crippen LogP contribution >= 0.6 is 0 Å². The Hall–Kier alpha value is -3.86. The zero-order valence-electron chi connectivity index (χ0n) is 22.1. The van der Waals surface area contributed by atoms with Crippen molar-refractivity contribution in [3.63, 3.8) is 0 Å². The summed E-state index contributed by atoms with van der Waals surface area (Å²) in [7, 11) is -0.438. The third kappa shape index (κ3) is 3.75. The minimum atomic E-state index is -0.438. The van der Waals surface area contributed by atoms with Gasteiger partial charge in [0.05, 0.1) is 11.2 Å². The summed E-state index contributed by atoms with van der Waals surface area (Å²) in [6, 6.07) is 36.4. The molecule has 2 heterocycles. The van der Waals surface area contributed by atoms with Gasteiger partial charge in [0.15, 0.2) is 0 Å². The summed E-state index contributed by atoms with van der Waals surface area (Å²) in [4.78, 5) is 0. The number of benzene rings is 5. The molecule has 0 N–H and O–H groups in total. The molecule has 1 aromatic heterocycles. The minimum Gasteiger partial charge on any atom is -0.456 e. The van der Waals surface area contributed by atoms with Crippen LogP contribution in [0.2, 0.25) is 0 Å². The highest BCUT2D eigenvalue weighted by Crippen LogP contribution is 2.38. The van der Waals surface area contributed by atoms with Crippen LogP contribution in [0.5, 0.6) is 0 Å². The van der Waals surface area contributed by atoms with E-state index in [0.717, 1.165) is 49.7 Å². The summed E-state index contributed by atoms with van der Waals surface area (Å²) < 4.78 is 19.2. The van der Waals surface area contributed by atoms with Crippen LogP contribution in [0.25, 0.3) is 55.0 Å². The smallest absolute Gasteiger partial charge is 0.456 e. The predicted octanol–water partition coefficient (Wildman–Crippen LogP) is 8.37. The minimum absolute atomic E-state index is 0.405. The fraction of sp³-hybridized carbons (Fsp3) is 0.176. The van der Waals surface area contributed by atoms with Crippen molar-refractivity contribution in [2.24, 2.45) is 0 Å². The molecule has 0 amide bonds. The van der Waals surface area contributed by atoms with Gasteiger partial charge in [-0.3, -0.25) is 0 Å².